The van der Waals surface area contributed by atoms with Crippen molar-refractivity contribution in [2.45, 2.75) is 32.4 Å². The van der Waals surface area contributed by atoms with E-state index in [4.69, 9.17) is 0 Å². The number of likely N-dealkylation sites (tertiary alicyclic amines) is 1. The third kappa shape index (κ3) is 4.11. The summed E-state index contributed by atoms with van der Waals surface area (Å²) in [5.41, 5.74) is 0.721. The first-order chi connectivity index (χ1) is 11.3. The molecule has 0 saturated carbocycles. The van der Waals surface area contributed by atoms with E-state index < -0.39 is 0 Å². The number of carbonyl (C=O) groups excluding carboxylic acids is 1. The smallest absolute Gasteiger partial charge is 0.319 e. The van der Waals surface area contributed by atoms with Crippen LogP contribution in [0, 0.1) is 0 Å². The molecule has 2 amide bonds. The molecule has 0 spiro atoms. The number of nitrogens with zero attached hydrogens (tertiary/aromatic N) is 3. The molecular weight excluding hydrogens is 310 g/mol. The van der Waals surface area contributed by atoms with E-state index in [9.17, 15) is 4.79 Å². The minimum absolute atomic E-state index is 0.179. The van der Waals surface area contributed by atoms with Crippen LogP contribution in [0.1, 0.15) is 30.7 Å². The van der Waals surface area contributed by atoms with Crippen molar-refractivity contribution in [3.05, 3.63) is 34.8 Å². The number of nitrogens with one attached hydrogen (secondary N) is 2. The fourth-order valence-corrected chi connectivity index (χ4v) is 3.77. The van der Waals surface area contributed by atoms with E-state index in [0.717, 1.165) is 25.3 Å². The molecule has 2 aromatic heterocycles. The highest BCUT2D eigenvalue weighted by atomic mass is 32.1. The van der Waals surface area contributed by atoms with E-state index in [1.54, 1.807) is 22.2 Å². The predicted octanol–water partition coefficient (Wildman–Crippen LogP) is 2.92. The molecule has 1 aliphatic rings. The Bertz CT molecular complexity index is 618. The van der Waals surface area contributed by atoms with Gasteiger partial charge in [0.15, 0.2) is 0 Å². The molecule has 1 fully saturated rings. The maximum Gasteiger partial charge on any atom is 0.319 e. The van der Waals surface area contributed by atoms with Crippen molar-refractivity contribution in [1.29, 1.82) is 0 Å². The molecule has 124 valence electrons. The first-order valence-electron chi connectivity index (χ1n) is 8.11. The Labute approximate surface area is 140 Å². The van der Waals surface area contributed by atoms with Crippen molar-refractivity contribution in [2.75, 3.05) is 25.0 Å². The van der Waals surface area contributed by atoms with E-state index >= 15 is 0 Å². The molecule has 2 aromatic rings. The lowest BCUT2D eigenvalue weighted by Gasteiger charge is -2.26. The minimum atomic E-state index is -0.179. The summed E-state index contributed by atoms with van der Waals surface area (Å²) in [5, 5.41) is 12.1. The van der Waals surface area contributed by atoms with Crippen LogP contribution in [0.25, 0.3) is 0 Å². The van der Waals surface area contributed by atoms with E-state index in [-0.39, 0.29) is 12.1 Å². The Kier molecular flexibility index (Phi) is 5.30. The highest BCUT2D eigenvalue weighted by Gasteiger charge is 2.24. The molecule has 6 nitrogen and oxygen atoms in total. The van der Waals surface area contributed by atoms with Gasteiger partial charge in [-0.1, -0.05) is 6.07 Å². The average Bonchev–Trinajstić information content (AvgIpc) is 3.30. The van der Waals surface area contributed by atoms with Crippen LogP contribution in [0.2, 0.25) is 0 Å². The van der Waals surface area contributed by atoms with Crippen LogP contribution in [0.4, 0.5) is 10.5 Å². The van der Waals surface area contributed by atoms with Gasteiger partial charge in [-0.2, -0.15) is 5.10 Å². The van der Waals surface area contributed by atoms with Crippen LogP contribution in [-0.4, -0.2) is 40.3 Å². The van der Waals surface area contributed by atoms with Crippen molar-refractivity contribution in [1.82, 2.24) is 20.0 Å². The summed E-state index contributed by atoms with van der Waals surface area (Å²) in [6.45, 7) is 5.63. The van der Waals surface area contributed by atoms with E-state index in [0.29, 0.717) is 6.54 Å². The van der Waals surface area contributed by atoms with Crippen LogP contribution >= 0.6 is 11.3 Å². The van der Waals surface area contributed by atoms with Gasteiger partial charge in [-0.25, -0.2) is 4.79 Å². The second kappa shape index (κ2) is 7.61. The van der Waals surface area contributed by atoms with E-state index in [1.807, 2.05) is 13.1 Å². The fourth-order valence-electron chi connectivity index (χ4n) is 2.91. The van der Waals surface area contributed by atoms with Gasteiger partial charge >= 0.3 is 6.03 Å². The van der Waals surface area contributed by atoms with Crippen LogP contribution in [0.15, 0.2) is 29.9 Å². The third-order valence-corrected chi connectivity index (χ3v) is 5.10. The molecular formula is C16H23N5OS. The molecule has 1 atom stereocenters. The zero-order chi connectivity index (χ0) is 16.1. The SMILES string of the molecule is CCn1cc(NC(=O)NC[C@H](c2cccs2)N2CCCC2)cn1. The van der Waals surface area contributed by atoms with Crippen molar-refractivity contribution >= 4 is 23.1 Å². The van der Waals surface area contributed by atoms with Crippen molar-refractivity contribution < 1.29 is 4.79 Å². The molecule has 7 heteroatoms. The monoisotopic (exact) mass is 333 g/mol. The molecule has 0 aliphatic carbocycles. The zero-order valence-corrected chi connectivity index (χ0v) is 14.2. The quantitative estimate of drug-likeness (QED) is 0.854. The Morgan fingerprint density at radius 2 is 2.26 bits per heavy atom. The predicted molar refractivity (Wildman–Crippen MR) is 92.8 cm³/mol. The fraction of sp³-hybridized carbons (Fsp3) is 0.500. The minimum Gasteiger partial charge on any atom is -0.336 e. The number of thiophene rings is 1. The summed E-state index contributed by atoms with van der Waals surface area (Å²) in [4.78, 5) is 15.9. The summed E-state index contributed by atoms with van der Waals surface area (Å²) >= 11 is 1.75. The number of hydrogen-bond donors (Lipinski definition) is 2. The number of amides is 2. The summed E-state index contributed by atoms with van der Waals surface area (Å²) in [6.07, 6.45) is 5.98. The lowest BCUT2D eigenvalue weighted by atomic mass is 10.2. The van der Waals surface area contributed by atoms with Crippen LogP contribution in [-0.2, 0) is 6.54 Å². The molecule has 2 N–H and O–H groups in total. The third-order valence-electron chi connectivity index (χ3n) is 4.12. The van der Waals surface area contributed by atoms with Crippen LogP contribution in [0.3, 0.4) is 0 Å². The van der Waals surface area contributed by atoms with E-state index in [2.05, 4.69) is 38.1 Å². The van der Waals surface area contributed by atoms with E-state index in [1.165, 1.54) is 17.7 Å². The Balaban J connectivity index is 1.56. The van der Waals surface area contributed by atoms with Crippen LogP contribution < -0.4 is 10.6 Å². The number of aryl methyl sites for hydroxylation is 1. The lowest BCUT2D eigenvalue weighted by Crippen LogP contribution is -2.38. The number of rotatable bonds is 6. The van der Waals surface area contributed by atoms with Gasteiger partial charge in [-0.15, -0.1) is 11.3 Å². The zero-order valence-electron chi connectivity index (χ0n) is 13.4. The molecule has 1 aliphatic heterocycles. The number of carbonyl (C=O) groups is 1. The normalized spacial score (nSPS) is 16.4. The van der Waals surface area contributed by atoms with Gasteiger partial charge < -0.3 is 10.6 Å². The summed E-state index contributed by atoms with van der Waals surface area (Å²) in [7, 11) is 0. The van der Waals surface area contributed by atoms with Crippen molar-refractivity contribution in [2.24, 2.45) is 0 Å². The maximum atomic E-state index is 12.1. The van der Waals surface area contributed by atoms with Gasteiger partial charge in [-0.3, -0.25) is 9.58 Å². The van der Waals surface area contributed by atoms with Crippen molar-refractivity contribution in [3.8, 4) is 0 Å². The van der Waals surface area contributed by atoms with Crippen molar-refractivity contribution in [3.63, 3.8) is 0 Å². The molecule has 1 saturated heterocycles. The summed E-state index contributed by atoms with van der Waals surface area (Å²) < 4.78 is 1.79. The largest absolute Gasteiger partial charge is 0.336 e. The first kappa shape index (κ1) is 16.0. The number of anilines is 1. The highest BCUT2D eigenvalue weighted by molar-refractivity contribution is 7.10. The summed E-state index contributed by atoms with van der Waals surface area (Å²) in [5.74, 6) is 0. The molecule has 23 heavy (non-hydrogen) atoms. The number of hydrogen-bond acceptors (Lipinski definition) is 4. The first-order valence-corrected chi connectivity index (χ1v) is 8.99. The number of aromatic nitrogens is 2. The second-order valence-electron chi connectivity index (χ2n) is 5.69. The Morgan fingerprint density at radius 1 is 1.43 bits per heavy atom. The van der Waals surface area contributed by atoms with Gasteiger partial charge in [0.2, 0.25) is 0 Å². The summed E-state index contributed by atoms with van der Waals surface area (Å²) in [6, 6.07) is 4.31. The average molecular weight is 333 g/mol. The van der Waals surface area contributed by atoms with Gasteiger partial charge in [-0.05, 0) is 44.3 Å². The molecule has 0 unspecified atom stereocenters. The Morgan fingerprint density at radius 3 is 2.91 bits per heavy atom. The molecule has 3 heterocycles. The molecule has 0 bridgehead atoms. The number of urea groups is 1. The molecule has 3 rings (SSSR count). The Hall–Kier alpha value is -1.86. The highest BCUT2D eigenvalue weighted by Crippen LogP contribution is 2.27. The van der Waals surface area contributed by atoms with Crippen LogP contribution in [0.5, 0.6) is 0 Å². The standard InChI is InChI=1S/C16H23N5OS/c1-2-21-12-13(10-18-21)19-16(22)17-11-14(15-6-5-9-23-15)20-7-3-4-8-20/h5-6,9-10,12,14H,2-4,7-8,11H2,1H3,(H2,17,19,22)/t14-/m1/s1. The lowest BCUT2D eigenvalue weighted by molar-refractivity contribution is 0.229. The van der Waals surface area contributed by atoms with Gasteiger partial charge in [0.25, 0.3) is 0 Å². The molecule has 0 radical (unpaired) electrons. The van der Waals surface area contributed by atoms with Gasteiger partial charge in [0, 0.05) is 24.2 Å². The topological polar surface area (TPSA) is 62.2 Å². The van der Waals surface area contributed by atoms with Gasteiger partial charge in [0.1, 0.15) is 0 Å². The maximum absolute atomic E-state index is 12.1. The van der Waals surface area contributed by atoms with Gasteiger partial charge in [0.05, 0.1) is 17.9 Å². The molecule has 0 aromatic carbocycles. The second-order valence-corrected chi connectivity index (χ2v) is 6.67.